The number of benzene rings is 1. The molecule has 0 spiro atoms. The van der Waals surface area contributed by atoms with E-state index in [0.717, 1.165) is 43.2 Å². The fraction of sp³-hybridized carbons (Fsp3) is 0.619. The summed E-state index contributed by atoms with van der Waals surface area (Å²) in [4.78, 5) is 18.4. The first-order valence-corrected chi connectivity index (χ1v) is 10.4. The van der Waals surface area contributed by atoms with Crippen molar-refractivity contribution in [2.45, 2.75) is 44.7 Å². The lowest BCUT2D eigenvalue weighted by molar-refractivity contribution is -0.149. The minimum absolute atomic E-state index is 0.0380. The second-order valence-electron chi connectivity index (χ2n) is 7.43. The second kappa shape index (κ2) is 11.3. The van der Waals surface area contributed by atoms with Crippen LogP contribution in [-0.2, 0) is 9.53 Å². The van der Waals surface area contributed by atoms with Crippen LogP contribution in [0.3, 0.4) is 0 Å². The summed E-state index contributed by atoms with van der Waals surface area (Å²) in [7, 11) is 5.91. The molecular formula is C21H33ClN4O2. The fourth-order valence-corrected chi connectivity index (χ4v) is 3.72. The average Bonchev–Trinajstić information content (AvgIpc) is 2.69. The summed E-state index contributed by atoms with van der Waals surface area (Å²) < 4.78 is 5.15. The molecule has 0 bridgehead atoms. The van der Waals surface area contributed by atoms with Crippen LogP contribution in [0.15, 0.2) is 29.3 Å². The highest BCUT2D eigenvalue weighted by Crippen LogP contribution is 2.25. The van der Waals surface area contributed by atoms with E-state index in [-0.39, 0.29) is 17.9 Å². The predicted octanol–water partition coefficient (Wildman–Crippen LogP) is 3.23. The van der Waals surface area contributed by atoms with Crippen molar-refractivity contribution in [2.75, 3.05) is 34.3 Å². The standard InChI is InChI=1S/C21H33ClN4O2/c1-5-28-20(27)16-8-12-18(13-9-16)25-21(23-2)24-14-19(26(3)4)15-6-10-17(22)11-7-15/h6-7,10-11,16,18-19H,5,8-9,12-14H2,1-4H3,(H2,23,24,25). The number of nitrogens with one attached hydrogen (secondary N) is 2. The van der Waals surface area contributed by atoms with Crippen molar-refractivity contribution < 1.29 is 9.53 Å². The number of carbonyl (C=O) groups is 1. The van der Waals surface area contributed by atoms with Crippen molar-refractivity contribution in [3.63, 3.8) is 0 Å². The van der Waals surface area contributed by atoms with Crippen molar-refractivity contribution in [3.05, 3.63) is 34.9 Å². The number of halogens is 1. The number of esters is 1. The third-order valence-electron chi connectivity index (χ3n) is 5.25. The van der Waals surface area contributed by atoms with Gasteiger partial charge in [0.25, 0.3) is 0 Å². The molecule has 1 aromatic carbocycles. The van der Waals surface area contributed by atoms with E-state index in [4.69, 9.17) is 16.3 Å². The topological polar surface area (TPSA) is 66.0 Å². The van der Waals surface area contributed by atoms with Crippen LogP contribution in [0.2, 0.25) is 5.02 Å². The van der Waals surface area contributed by atoms with Crippen LogP contribution in [0.4, 0.5) is 0 Å². The summed E-state index contributed by atoms with van der Waals surface area (Å²) in [6.07, 6.45) is 3.61. The second-order valence-corrected chi connectivity index (χ2v) is 7.87. The van der Waals surface area contributed by atoms with Gasteiger partial charge >= 0.3 is 5.97 Å². The molecule has 0 saturated heterocycles. The molecule has 0 aromatic heterocycles. The number of likely N-dealkylation sites (N-methyl/N-ethyl adjacent to an activating group) is 1. The molecule has 0 radical (unpaired) electrons. The van der Waals surface area contributed by atoms with Crippen molar-refractivity contribution in [1.29, 1.82) is 0 Å². The van der Waals surface area contributed by atoms with E-state index in [9.17, 15) is 4.79 Å². The molecule has 2 N–H and O–H groups in total. The van der Waals surface area contributed by atoms with E-state index in [1.165, 1.54) is 5.56 Å². The first-order chi connectivity index (χ1) is 13.4. The lowest BCUT2D eigenvalue weighted by Gasteiger charge is -2.30. The zero-order chi connectivity index (χ0) is 20.5. The summed E-state index contributed by atoms with van der Waals surface area (Å²) in [5, 5.41) is 7.68. The number of rotatable bonds is 7. The van der Waals surface area contributed by atoms with E-state index in [1.54, 1.807) is 7.05 Å². The van der Waals surface area contributed by atoms with Crippen molar-refractivity contribution in [2.24, 2.45) is 10.9 Å². The fourth-order valence-electron chi connectivity index (χ4n) is 3.60. The number of hydrogen-bond donors (Lipinski definition) is 2. The Morgan fingerprint density at radius 3 is 2.43 bits per heavy atom. The highest BCUT2D eigenvalue weighted by atomic mass is 35.5. The Bertz CT molecular complexity index is 640. The molecule has 0 heterocycles. The van der Waals surface area contributed by atoms with E-state index in [1.807, 2.05) is 19.1 Å². The van der Waals surface area contributed by atoms with Gasteiger partial charge in [-0.2, -0.15) is 0 Å². The first-order valence-electron chi connectivity index (χ1n) is 10.00. The van der Waals surface area contributed by atoms with Crippen LogP contribution in [0.25, 0.3) is 0 Å². The molecule has 1 aliphatic rings. The van der Waals surface area contributed by atoms with Gasteiger partial charge in [0.15, 0.2) is 5.96 Å². The van der Waals surface area contributed by atoms with Gasteiger partial charge in [0.1, 0.15) is 0 Å². The molecule has 2 rings (SSSR count). The predicted molar refractivity (Wildman–Crippen MR) is 115 cm³/mol. The molecule has 1 saturated carbocycles. The van der Waals surface area contributed by atoms with Crippen molar-refractivity contribution in [1.82, 2.24) is 15.5 Å². The van der Waals surface area contributed by atoms with Crippen LogP contribution < -0.4 is 10.6 Å². The highest BCUT2D eigenvalue weighted by molar-refractivity contribution is 6.30. The van der Waals surface area contributed by atoms with Gasteiger partial charge in [-0.25, -0.2) is 0 Å². The molecule has 1 fully saturated rings. The number of ether oxygens (including phenoxy) is 1. The Morgan fingerprint density at radius 1 is 1.25 bits per heavy atom. The molecule has 1 unspecified atom stereocenters. The molecule has 0 amide bonds. The third kappa shape index (κ3) is 6.67. The monoisotopic (exact) mass is 408 g/mol. The van der Waals surface area contributed by atoms with E-state index in [2.05, 4.69) is 46.8 Å². The molecule has 6 nitrogen and oxygen atoms in total. The summed E-state index contributed by atoms with van der Waals surface area (Å²) in [5.74, 6) is 0.775. The first kappa shape index (κ1) is 22.5. The molecular weight excluding hydrogens is 376 g/mol. The van der Waals surface area contributed by atoms with Gasteiger partial charge in [0, 0.05) is 24.7 Å². The summed E-state index contributed by atoms with van der Waals surface area (Å²) in [6.45, 7) is 3.03. The number of carbonyl (C=O) groups excluding carboxylic acids is 1. The maximum atomic E-state index is 11.9. The van der Waals surface area contributed by atoms with Crippen LogP contribution in [0.1, 0.15) is 44.2 Å². The van der Waals surface area contributed by atoms with Gasteiger partial charge in [0.2, 0.25) is 0 Å². The van der Waals surface area contributed by atoms with Crippen LogP contribution >= 0.6 is 11.6 Å². The van der Waals surface area contributed by atoms with Crippen molar-refractivity contribution in [3.8, 4) is 0 Å². The maximum absolute atomic E-state index is 11.9. The minimum atomic E-state index is -0.0553. The van der Waals surface area contributed by atoms with Crippen LogP contribution in [0, 0.1) is 5.92 Å². The molecule has 0 aliphatic heterocycles. The van der Waals surface area contributed by atoms with E-state index < -0.39 is 0 Å². The smallest absolute Gasteiger partial charge is 0.308 e. The molecule has 1 aromatic rings. The van der Waals surface area contributed by atoms with Crippen LogP contribution in [-0.4, -0.2) is 57.2 Å². The zero-order valence-electron chi connectivity index (χ0n) is 17.4. The Balaban J connectivity index is 1.85. The average molecular weight is 409 g/mol. The molecule has 156 valence electrons. The van der Waals surface area contributed by atoms with Gasteiger partial charge in [-0.15, -0.1) is 0 Å². The largest absolute Gasteiger partial charge is 0.466 e. The normalized spacial score (nSPS) is 21.3. The van der Waals surface area contributed by atoms with Crippen LogP contribution in [0.5, 0.6) is 0 Å². The molecule has 1 atom stereocenters. The lowest BCUT2D eigenvalue weighted by Crippen LogP contribution is -2.47. The summed E-state index contributed by atoms with van der Waals surface area (Å²) in [6, 6.07) is 8.48. The van der Waals surface area contributed by atoms with Gasteiger partial charge in [-0.1, -0.05) is 23.7 Å². The Morgan fingerprint density at radius 2 is 1.89 bits per heavy atom. The van der Waals surface area contributed by atoms with Gasteiger partial charge < -0.3 is 20.3 Å². The quantitative estimate of drug-likeness (QED) is 0.412. The number of guanidine groups is 1. The number of hydrogen-bond acceptors (Lipinski definition) is 4. The Kier molecular flexibility index (Phi) is 9.06. The van der Waals surface area contributed by atoms with Crippen molar-refractivity contribution >= 4 is 23.5 Å². The molecule has 7 heteroatoms. The number of aliphatic imine (C=N–C) groups is 1. The molecule has 28 heavy (non-hydrogen) atoms. The molecule has 1 aliphatic carbocycles. The Hall–Kier alpha value is -1.79. The SMILES string of the molecule is CCOC(=O)C1CCC(NC(=NC)NCC(c2ccc(Cl)cc2)N(C)C)CC1. The van der Waals surface area contributed by atoms with E-state index >= 15 is 0 Å². The number of nitrogens with zero attached hydrogens (tertiary/aromatic N) is 2. The van der Waals surface area contributed by atoms with Gasteiger partial charge in [-0.05, 0) is 64.4 Å². The maximum Gasteiger partial charge on any atom is 0.308 e. The summed E-state index contributed by atoms with van der Waals surface area (Å²) >= 11 is 6.01. The zero-order valence-corrected chi connectivity index (χ0v) is 18.1. The lowest BCUT2D eigenvalue weighted by atomic mass is 9.86. The van der Waals surface area contributed by atoms with Gasteiger partial charge in [0.05, 0.1) is 18.6 Å². The third-order valence-corrected chi connectivity index (χ3v) is 5.50. The van der Waals surface area contributed by atoms with E-state index in [0.29, 0.717) is 12.6 Å². The Labute approximate surface area is 173 Å². The highest BCUT2D eigenvalue weighted by Gasteiger charge is 2.27. The summed E-state index contributed by atoms with van der Waals surface area (Å²) in [5.41, 5.74) is 1.20. The minimum Gasteiger partial charge on any atom is -0.466 e. The van der Waals surface area contributed by atoms with Gasteiger partial charge in [-0.3, -0.25) is 9.79 Å².